The van der Waals surface area contributed by atoms with Crippen LogP contribution in [0.3, 0.4) is 0 Å². The number of nitrogens with two attached hydrogens (primary N) is 1. The molecule has 3 N–H and O–H groups in total. The fraction of sp³-hybridized carbons (Fsp3) is 0.545. The lowest BCUT2D eigenvalue weighted by atomic mass is 10.2. The highest BCUT2D eigenvalue weighted by Gasteiger charge is 2.05. The first kappa shape index (κ1) is 13.7. The topological polar surface area (TPSA) is 55.1 Å². The molecule has 1 amide bonds. The lowest BCUT2D eigenvalue weighted by molar-refractivity contribution is -0.121. The molecule has 0 spiro atoms. The van der Waals surface area contributed by atoms with Crippen molar-refractivity contribution in [3.05, 3.63) is 20.8 Å². The molecule has 1 aromatic heterocycles. The van der Waals surface area contributed by atoms with Crippen LogP contribution >= 0.6 is 27.3 Å². The van der Waals surface area contributed by atoms with Crippen molar-refractivity contribution in [3.8, 4) is 0 Å². The lowest BCUT2D eigenvalue weighted by Crippen LogP contribution is -2.31. The molecule has 1 unspecified atom stereocenters. The fourth-order valence-corrected chi connectivity index (χ4v) is 2.67. The second kappa shape index (κ2) is 7.04. The molecule has 5 heteroatoms. The second-order valence-corrected chi connectivity index (χ2v) is 6.40. The number of aryl methyl sites for hydroxylation is 1. The van der Waals surface area contributed by atoms with Crippen LogP contribution in [-0.4, -0.2) is 19.0 Å². The van der Waals surface area contributed by atoms with E-state index in [1.807, 2.05) is 19.1 Å². The van der Waals surface area contributed by atoms with Crippen LogP contribution in [0.4, 0.5) is 0 Å². The van der Waals surface area contributed by atoms with Crippen molar-refractivity contribution in [3.63, 3.8) is 0 Å². The van der Waals surface area contributed by atoms with Gasteiger partial charge in [-0.3, -0.25) is 4.79 Å². The standard InChI is InChI=1S/C11H17BrN2OS/c1-8(6-13)7-14-11(15)5-3-9-2-4-10(12)16-9/h2,4,8H,3,5-7,13H2,1H3,(H,14,15). The predicted octanol–water partition coefficient (Wildman–Crippen LogP) is 2.15. The van der Waals surface area contributed by atoms with Crippen molar-refractivity contribution in [2.45, 2.75) is 19.8 Å². The minimum absolute atomic E-state index is 0.102. The summed E-state index contributed by atoms with van der Waals surface area (Å²) in [5.74, 6) is 0.449. The Morgan fingerprint density at radius 3 is 2.94 bits per heavy atom. The Morgan fingerprint density at radius 1 is 1.62 bits per heavy atom. The van der Waals surface area contributed by atoms with Crippen LogP contribution in [0.25, 0.3) is 0 Å². The van der Waals surface area contributed by atoms with E-state index in [2.05, 4.69) is 21.2 Å². The molecular formula is C11H17BrN2OS. The molecule has 0 aliphatic heterocycles. The van der Waals surface area contributed by atoms with Crippen molar-refractivity contribution in [1.29, 1.82) is 0 Å². The van der Waals surface area contributed by atoms with Gasteiger partial charge in [-0.1, -0.05) is 6.92 Å². The van der Waals surface area contributed by atoms with Gasteiger partial charge in [0.25, 0.3) is 0 Å². The van der Waals surface area contributed by atoms with Crippen LogP contribution in [0.15, 0.2) is 15.9 Å². The van der Waals surface area contributed by atoms with Gasteiger partial charge in [-0.25, -0.2) is 0 Å². The SMILES string of the molecule is CC(CN)CNC(=O)CCc1ccc(Br)s1. The van der Waals surface area contributed by atoms with Crippen LogP contribution in [-0.2, 0) is 11.2 Å². The van der Waals surface area contributed by atoms with Crippen molar-refractivity contribution in [2.24, 2.45) is 11.7 Å². The molecule has 90 valence electrons. The third-order valence-electron chi connectivity index (χ3n) is 2.28. The Kier molecular flexibility index (Phi) is 6.01. The summed E-state index contributed by atoms with van der Waals surface area (Å²) >= 11 is 5.08. The number of halogens is 1. The fourth-order valence-electron chi connectivity index (χ4n) is 1.18. The molecule has 1 atom stereocenters. The third-order valence-corrected chi connectivity index (χ3v) is 3.96. The first-order valence-corrected chi connectivity index (χ1v) is 6.93. The van der Waals surface area contributed by atoms with E-state index >= 15 is 0 Å². The van der Waals surface area contributed by atoms with E-state index in [-0.39, 0.29) is 5.91 Å². The number of hydrogen-bond donors (Lipinski definition) is 2. The van der Waals surface area contributed by atoms with Gasteiger partial charge in [-0.15, -0.1) is 11.3 Å². The van der Waals surface area contributed by atoms with Crippen LogP contribution < -0.4 is 11.1 Å². The Hall–Kier alpha value is -0.390. The Balaban J connectivity index is 2.20. The third kappa shape index (κ3) is 5.09. The first-order valence-electron chi connectivity index (χ1n) is 5.32. The number of carbonyl (C=O) groups excluding carboxylic acids is 1. The molecule has 0 saturated heterocycles. The number of amides is 1. The zero-order valence-corrected chi connectivity index (χ0v) is 11.7. The minimum atomic E-state index is 0.102. The van der Waals surface area contributed by atoms with Gasteiger partial charge in [0.1, 0.15) is 0 Å². The Labute approximate surface area is 109 Å². The molecule has 0 aliphatic carbocycles. The molecular weight excluding hydrogens is 288 g/mol. The first-order chi connectivity index (χ1) is 7.61. The van der Waals surface area contributed by atoms with E-state index in [1.54, 1.807) is 11.3 Å². The zero-order valence-electron chi connectivity index (χ0n) is 9.33. The number of hydrogen-bond acceptors (Lipinski definition) is 3. The number of nitrogens with one attached hydrogen (secondary N) is 1. The molecule has 0 saturated carbocycles. The van der Waals surface area contributed by atoms with Crippen LogP contribution in [0.5, 0.6) is 0 Å². The zero-order chi connectivity index (χ0) is 12.0. The summed E-state index contributed by atoms with van der Waals surface area (Å²) in [5.41, 5.74) is 5.47. The maximum atomic E-state index is 11.5. The monoisotopic (exact) mass is 304 g/mol. The molecule has 0 bridgehead atoms. The van der Waals surface area contributed by atoms with Gasteiger partial charge in [0.2, 0.25) is 5.91 Å². The van der Waals surface area contributed by atoms with E-state index in [1.165, 1.54) is 4.88 Å². The molecule has 0 aliphatic rings. The van der Waals surface area contributed by atoms with Crippen LogP contribution in [0.2, 0.25) is 0 Å². The molecule has 0 aromatic carbocycles. The summed E-state index contributed by atoms with van der Waals surface area (Å²) < 4.78 is 1.11. The average molecular weight is 305 g/mol. The maximum Gasteiger partial charge on any atom is 0.220 e. The van der Waals surface area contributed by atoms with E-state index < -0.39 is 0 Å². The largest absolute Gasteiger partial charge is 0.356 e. The summed E-state index contributed by atoms with van der Waals surface area (Å²) in [6.45, 7) is 3.30. The van der Waals surface area contributed by atoms with Gasteiger partial charge in [0.15, 0.2) is 0 Å². The van der Waals surface area contributed by atoms with Crippen LogP contribution in [0.1, 0.15) is 18.2 Å². The number of carbonyl (C=O) groups is 1. The van der Waals surface area contributed by atoms with Crippen LogP contribution in [0, 0.1) is 5.92 Å². The predicted molar refractivity (Wildman–Crippen MR) is 71.6 cm³/mol. The lowest BCUT2D eigenvalue weighted by Gasteiger charge is -2.09. The normalized spacial score (nSPS) is 12.4. The van der Waals surface area contributed by atoms with E-state index in [0.29, 0.717) is 25.4 Å². The summed E-state index contributed by atoms with van der Waals surface area (Å²) in [7, 11) is 0. The van der Waals surface area contributed by atoms with Gasteiger partial charge in [0, 0.05) is 17.8 Å². The number of thiophene rings is 1. The highest BCUT2D eigenvalue weighted by atomic mass is 79.9. The molecule has 1 rings (SSSR count). The maximum absolute atomic E-state index is 11.5. The van der Waals surface area contributed by atoms with Crippen molar-refractivity contribution >= 4 is 33.2 Å². The summed E-state index contributed by atoms with van der Waals surface area (Å²) in [4.78, 5) is 12.7. The summed E-state index contributed by atoms with van der Waals surface area (Å²) in [6.07, 6.45) is 1.35. The van der Waals surface area contributed by atoms with Gasteiger partial charge < -0.3 is 11.1 Å². The highest BCUT2D eigenvalue weighted by molar-refractivity contribution is 9.11. The molecule has 3 nitrogen and oxygen atoms in total. The average Bonchev–Trinajstić information content (AvgIpc) is 2.69. The minimum Gasteiger partial charge on any atom is -0.356 e. The number of rotatable bonds is 6. The van der Waals surface area contributed by atoms with Gasteiger partial charge >= 0.3 is 0 Å². The second-order valence-electron chi connectivity index (χ2n) is 3.85. The van der Waals surface area contributed by atoms with Crippen molar-refractivity contribution in [2.75, 3.05) is 13.1 Å². The molecule has 1 heterocycles. The quantitative estimate of drug-likeness (QED) is 0.846. The van der Waals surface area contributed by atoms with Gasteiger partial charge in [-0.05, 0) is 46.9 Å². The molecule has 0 fully saturated rings. The van der Waals surface area contributed by atoms with Gasteiger partial charge in [-0.2, -0.15) is 0 Å². The van der Waals surface area contributed by atoms with Crippen molar-refractivity contribution in [1.82, 2.24) is 5.32 Å². The Morgan fingerprint density at radius 2 is 2.38 bits per heavy atom. The van der Waals surface area contributed by atoms with Gasteiger partial charge in [0.05, 0.1) is 3.79 Å². The van der Waals surface area contributed by atoms with E-state index in [9.17, 15) is 4.79 Å². The molecule has 16 heavy (non-hydrogen) atoms. The smallest absolute Gasteiger partial charge is 0.220 e. The van der Waals surface area contributed by atoms with E-state index in [4.69, 9.17) is 5.73 Å². The van der Waals surface area contributed by atoms with Crippen molar-refractivity contribution < 1.29 is 4.79 Å². The molecule has 1 aromatic rings. The Bertz CT molecular complexity index is 340. The summed E-state index contributed by atoms with van der Waals surface area (Å²) in [6, 6.07) is 4.05. The highest BCUT2D eigenvalue weighted by Crippen LogP contribution is 2.22. The summed E-state index contributed by atoms with van der Waals surface area (Å²) in [5, 5.41) is 2.88. The van der Waals surface area contributed by atoms with E-state index in [0.717, 1.165) is 10.2 Å². The molecule has 0 radical (unpaired) electrons.